The van der Waals surface area contributed by atoms with Crippen molar-refractivity contribution >= 4 is 34.0 Å². The Hall–Kier alpha value is 0.859. The zero-order valence-corrected chi connectivity index (χ0v) is 9.93. The van der Waals surface area contributed by atoms with Crippen LogP contribution in [-0.4, -0.2) is 16.1 Å². The van der Waals surface area contributed by atoms with Crippen molar-refractivity contribution in [2.45, 2.75) is 13.8 Å². The van der Waals surface area contributed by atoms with Crippen LogP contribution in [0.25, 0.3) is 0 Å². The molecule has 0 saturated heterocycles. The third kappa shape index (κ3) is 5.31. The Bertz CT molecular complexity index is 113. The van der Waals surface area contributed by atoms with Crippen LogP contribution in [0.2, 0.25) is 0 Å². The first-order valence-electron chi connectivity index (χ1n) is 2.78. The van der Waals surface area contributed by atoms with Crippen molar-refractivity contribution in [3.63, 3.8) is 0 Å². The van der Waals surface area contributed by atoms with Crippen molar-refractivity contribution in [1.29, 1.82) is 0 Å². The fraction of sp³-hybridized carbons (Fsp3) is 0.333. The van der Waals surface area contributed by atoms with Gasteiger partial charge in [-0.25, -0.2) is 0 Å². The standard InChI is InChI=1S/2C3H5.2ClH.Sn/c2*1-3-2;;;/h2*1,3H,2H3;2*1H;/q;;;;+2/p-2. The van der Waals surface area contributed by atoms with Crippen molar-refractivity contribution in [3.8, 4) is 0 Å². The van der Waals surface area contributed by atoms with E-state index in [9.17, 15) is 0 Å². The van der Waals surface area contributed by atoms with Gasteiger partial charge in [-0.05, 0) is 0 Å². The Morgan fingerprint density at radius 3 is 1.56 bits per heavy atom. The quantitative estimate of drug-likeness (QED) is 0.677. The SMILES string of the molecule is CC=[CH][Sn]([Cl])([Cl])[CH]=CC. The van der Waals surface area contributed by atoms with E-state index < -0.39 is 16.1 Å². The van der Waals surface area contributed by atoms with Gasteiger partial charge >= 0.3 is 68.1 Å². The van der Waals surface area contributed by atoms with Gasteiger partial charge in [0.15, 0.2) is 0 Å². The van der Waals surface area contributed by atoms with E-state index in [-0.39, 0.29) is 0 Å². The molecule has 0 amide bonds. The van der Waals surface area contributed by atoms with Gasteiger partial charge in [0.05, 0.1) is 0 Å². The topological polar surface area (TPSA) is 0 Å². The molecule has 52 valence electrons. The average molecular weight is 272 g/mol. The minimum absolute atomic E-state index is 1.91. The molecule has 0 aliphatic rings. The van der Waals surface area contributed by atoms with Crippen LogP contribution in [0.1, 0.15) is 13.8 Å². The fourth-order valence-corrected chi connectivity index (χ4v) is 6.73. The van der Waals surface area contributed by atoms with Crippen LogP contribution >= 0.6 is 17.8 Å². The number of hydrogen-bond acceptors (Lipinski definition) is 0. The summed E-state index contributed by atoms with van der Waals surface area (Å²) in [6, 6.07) is 0. The molecule has 0 saturated carbocycles. The van der Waals surface area contributed by atoms with Crippen LogP contribution < -0.4 is 0 Å². The molecule has 0 radical (unpaired) electrons. The molecule has 0 aromatic rings. The van der Waals surface area contributed by atoms with Gasteiger partial charge in [-0.3, -0.25) is 0 Å². The molecule has 0 rings (SSSR count). The fourth-order valence-electron chi connectivity index (χ4n) is 0.500. The van der Waals surface area contributed by atoms with Gasteiger partial charge in [0, 0.05) is 0 Å². The van der Waals surface area contributed by atoms with Gasteiger partial charge < -0.3 is 0 Å². The summed E-state index contributed by atoms with van der Waals surface area (Å²) in [6.45, 7) is 3.86. The molecule has 0 aliphatic carbocycles. The van der Waals surface area contributed by atoms with Crippen molar-refractivity contribution in [2.75, 3.05) is 0 Å². The molecule has 9 heavy (non-hydrogen) atoms. The Morgan fingerprint density at radius 1 is 1.00 bits per heavy atom. The molecule has 3 heteroatoms. The first-order valence-corrected chi connectivity index (χ1v) is 13.3. The summed E-state index contributed by atoms with van der Waals surface area (Å²) in [5.74, 6) is 0. The number of allylic oxidation sites excluding steroid dienone is 2. The molecule has 0 aromatic heterocycles. The van der Waals surface area contributed by atoms with Gasteiger partial charge in [0.2, 0.25) is 0 Å². The van der Waals surface area contributed by atoms with Crippen molar-refractivity contribution in [1.82, 2.24) is 0 Å². The summed E-state index contributed by atoms with van der Waals surface area (Å²) in [6.07, 6.45) is 3.83. The van der Waals surface area contributed by atoms with Crippen LogP contribution in [0, 0.1) is 0 Å². The van der Waals surface area contributed by atoms with Crippen LogP contribution in [0.15, 0.2) is 20.3 Å². The summed E-state index contributed by atoms with van der Waals surface area (Å²) >= 11 is -2.79. The number of hydrogen-bond donors (Lipinski definition) is 0. The van der Waals surface area contributed by atoms with Crippen LogP contribution in [0.4, 0.5) is 0 Å². The Labute approximate surface area is 67.8 Å². The van der Waals surface area contributed by atoms with Gasteiger partial charge in [-0.2, -0.15) is 0 Å². The van der Waals surface area contributed by atoms with Crippen molar-refractivity contribution in [2.24, 2.45) is 0 Å². The molecule has 0 fully saturated rings. The van der Waals surface area contributed by atoms with E-state index in [1.165, 1.54) is 0 Å². The van der Waals surface area contributed by atoms with Crippen LogP contribution in [0.5, 0.6) is 0 Å². The van der Waals surface area contributed by atoms with E-state index in [0.29, 0.717) is 0 Å². The zero-order valence-electron chi connectivity index (χ0n) is 5.57. The Balaban J connectivity index is 4.01. The third-order valence-electron chi connectivity index (χ3n) is 0.778. The molecule has 0 aromatic carbocycles. The Morgan fingerprint density at radius 2 is 1.33 bits per heavy atom. The minimum atomic E-state index is -2.79. The normalized spacial score (nSPS) is 13.8. The molecule has 0 N–H and O–H groups in total. The number of halogens is 2. The molecule has 0 aliphatic heterocycles. The summed E-state index contributed by atoms with van der Waals surface area (Å²) < 4.78 is 3.86. The average Bonchev–Trinajstić information content (AvgIpc) is 1.64. The molecule has 0 bridgehead atoms. The van der Waals surface area contributed by atoms with E-state index in [2.05, 4.69) is 0 Å². The van der Waals surface area contributed by atoms with Gasteiger partial charge in [0.1, 0.15) is 0 Å². The summed E-state index contributed by atoms with van der Waals surface area (Å²) in [5.41, 5.74) is 0. The van der Waals surface area contributed by atoms with E-state index in [1.54, 1.807) is 0 Å². The van der Waals surface area contributed by atoms with Crippen LogP contribution in [0.3, 0.4) is 0 Å². The van der Waals surface area contributed by atoms with Crippen molar-refractivity contribution in [3.05, 3.63) is 20.3 Å². The second-order valence-electron chi connectivity index (χ2n) is 1.67. The van der Waals surface area contributed by atoms with Gasteiger partial charge in [-0.1, -0.05) is 0 Å². The maximum atomic E-state index is 5.94. The second-order valence-corrected chi connectivity index (χ2v) is 17.1. The number of rotatable bonds is 2. The molecule has 0 nitrogen and oxygen atoms in total. The first kappa shape index (κ1) is 9.86. The predicted molar refractivity (Wildman–Crippen MR) is 47.1 cm³/mol. The Kier molecular flexibility index (Phi) is 5.08. The second kappa shape index (κ2) is 4.64. The third-order valence-corrected chi connectivity index (χ3v) is 8.60. The molecular weight excluding hydrogens is 262 g/mol. The molecule has 0 heterocycles. The molecular formula is C6H10Cl2Sn. The molecule has 0 atom stereocenters. The van der Waals surface area contributed by atoms with E-state index in [1.807, 2.05) is 34.2 Å². The molecule has 0 unspecified atom stereocenters. The van der Waals surface area contributed by atoms with Gasteiger partial charge in [-0.15, -0.1) is 0 Å². The van der Waals surface area contributed by atoms with Gasteiger partial charge in [0.25, 0.3) is 0 Å². The van der Waals surface area contributed by atoms with E-state index in [4.69, 9.17) is 17.8 Å². The van der Waals surface area contributed by atoms with E-state index in [0.717, 1.165) is 0 Å². The van der Waals surface area contributed by atoms with Crippen molar-refractivity contribution < 1.29 is 0 Å². The summed E-state index contributed by atoms with van der Waals surface area (Å²) in [5, 5.41) is 0. The first-order chi connectivity index (χ1) is 4.12. The predicted octanol–water partition coefficient (Wildman–Crippen LogP) is 3.14. The van der Waals surface area contributed by atoms with E-state index >= 15 is 0 Å². The van der Waals surface area contributed by atoms with Crippen LogP contribution in [-0.2, 0) is 0 Å². The molecule has 0 spiro atoms. The maximum absolute atomic E-state index is 5.94. The summed E-state index contributed by atoms with van der Waals surface area (Å²) in [4.78, 5) is 0. The summed E-state index contributed by atoms with van der Waals surface area (Å²) in [7, 11) is 11.9. The zero-order chi connectivity index (χ0) is 7.33. The monoisotopic (exact) mass is 272 g/mol.